The Kier molecular flexibility index (Phi) is 6.51. The third-order valence-corrected chi connectivity index (χ3v) is 2.98. The summed E-state index contributed by atoms with van der Waals surface area (Å²) >= 11 is -0.0637. The van der Waals surface area contributed by atoms with Crippen molar-refractivity contribution in [2.45, 2.75) is 31.9 Å². The highest BCUT2D eigenvalue weighted by Gasteiger charge is 2.27. The zero-order valence-corrected chi connectivity index (χ0v) is 11.8. The average Bonchev–Trinajstić information content (AvgIpc) is 2.32. The summed E-state index contributed by atoms with van der Waals surface area (Å²) in [6, 6.07) is 7.71. The van der Waals surface area contributed by atoms with Crippen molar-refractivity contribution in [3.05, 3.63) is 29.8 Å². The van der Waals surface area contributed by atoms with E-state index in [2.05, 4.69) is 5.32 Å². The quantitative estimate of drug-likeness (QED) is 0.772. The zero-order chi connectivity index (χ0) is 14.3. The number of halogens is 3. The van der Waals surface area contributed by atoms with Gasteiger partial charge in [0.15, 0.2) is 0 Å². The van der Waals surface area contributed by atoms with Gasteiger partial charge in [-0.25, -0.2) is 0 Å². The van der Waals surface area contributed by atoms with E-state index in [0.29, 0.717) is 18.3 Å². The molecule has 0 aliphatic rings. The summed E-state index contributed by atoms with van der Waals surface area (Å²) in [7, 11) is 0. The smallest absolute Gasteiger partial charge is 0.441 e. The van der Waals surface area contributed by atoms with E-state index in [1.807, 2.05) is 32.0 Å². The van der Waals surface area contributed by atoms with Gasteiger partial charge < -0.3 is 10.1 Å². The second-order valence-electron chi connectivity index (χ2n) is 4.29. The molecule has 0 saturated carbocycles. The van der Waals surface area contributed by atoms with Crippen LogP contribution in [0, 0.1) is 0 Å². The number of benzene rings is 1. The van der Waals surface area contributed by atoms with Gasteiger partial charge in [-0.3, -0.25) is 0 Å². The summed E-state index contributed by atoms with van der Waals surface area (Å²) in [6.07, 6.45) is 0. The fourth-order valence-corrected chi connectivity index (χ4v) is 1.81. The number of alkyl halides is 3. The Labute approximate surface area is 115 Å². The molecule has 1 rings (SSSR count). The Hall–Kier alpha value is -0.880. The molecule has 1 aromatic carbocycles. The van der Waals surface area contributed by atoms with Gasteiger partial charge in [0.1, 0.15) is 5.75 Å². The molecule has 6 heteroatoms. The minimum Gasteiger partial charge on any atom is -0.492 e. The van der Waals surface area contributed by atoms with Crippen molar-refractivity contribution in [2.75, 3.05) is 12.4 Å². The van der Waals surface area contributed by atoms with E-state index >= 15 is 0 Å². The van der Waals surface area contributed by atoms with Gasteiger partial charge in [0.2, 0.25) is 0 Å². The van der Waals surface area contributed by atoms with Crippen molar-refractivity contribution in [3.8, 4) is 5.75 Å². The molecule has 0 aliphatic heterocycles. The summed E-state index contributed by atoms with van der Waals surface area (Å²) in [4.78, 5) is 0. The highest BCUT2D eigenvalue weighted by Crippen LogP contribution is 2.30. The van der Waals surface area contributed by atoms with Gasteiger partial charge in [-0.15, -0.1) is 0 Å². The molecule has 1 aromatic rings. The van der Waals surface area contributed by atoms with E-state index in [0.717, 1.165) is 5.56 Å². The summed E-state index contributed by atoms with van der Waals surface area (Å²) < 4.78 is 41.3. The van der Waals surface area contributed by atoms with Gasteiger partial charge in [-0.2, -0.15) is 13.2 Å². The summed E-state index contributed by atoms with van der Waals surface area (Å²) in [6.45, 7) is 4.75. The third-order valence-electron chi connectivity index (χ3n) is 2.28. The number of para-hydroxylation sites is 1. The maximum absolute atomic E-state index is 12.0. The molecule has 0 spiro atoms. The first kappa shape index (κ1) is 16.2. The number of hydrogen-bond acceptors (Lipinski definition) is 3. The first-order chi connectivity index (χ1) is 8.88. The Morgan fingerprint density at radius 2 is 1.95 bits per heavy atom. The summed E-state index contributed by atoms with van der Waals surface area (Å²) in [5.74, 6) is 0.536. The molecule has 108 valence electrons. The van der Waals surface area contributed by atoms with Crippen molar-refractivity contribution in [2.24, 2.45) is 0 Å². The number of nitrogens with one attached hydrogen (secondary N) is 1. The van der Waals surface area contributed by atoms with Gasteiger partial charge in [0.25, 0.3) is 0 Å². The molecule has 2 nitrogen and oxygen atoms in total. The lowest BCUT2D eigenvalue weighted by Gasteiger charge is -2.13. The maximum Gasteiger partial charge on any atom is 0.441 e. The van der Waals surface area contributed by atoms with Crippen LogP contribution in [0.5, 0.6) is 5.75 Å². The molecule has 0 aromatic heterocycles. The number of hydrogen-bond donors (Lipinski definition) is 1. The van der Waals surface area contributed by atoms with Gasteiger partial charge >= 0.3 is 5.51 Å². The molecule has 0 atom stereocenters. The standard InChI is InChI=1S/C13H18F3NOS/c1-10(2)17-9-11-5-3-4-6-12(11)18-7-8-19-13(14,15)16/h3-6,10,17H,7-9H2,1-2H3. The van der Waals surface area contributed by atoms with E-state index in [4.69, 9.17) is 4.74 Å². The number of rotatable bonds is 7. The number of ether oxygens (including phenoxy) is 1. The summed E-state index contributed by atoms with van der Waals surface area (Å²) in [5, 5.41) is 3.25. The minimum atomic E-state index is -4.19. The van der Waals surface area contributed by atoms with E-state index in [9.17, 15) is 13.2 Å². The van der Waals surface area contributed by atoms with E-state index in [-0.39, 0.29) is 24.1 Å². The Bertz CT molecular complexity index is 382. The van der Waals surface area contributed by atoms with Crippen molar-refractivity contribution >= 4 is 11.8 Å². The lowest BCUT2D eigenvalue weighted by atomic mass is 10.2. The van der Waals surface area contributed by atoms with Crippen LogP contribution in [0.3, 0.4) is 0 Å². The van der Waals surface area contributed by atoms with E-state index in [1.165, 1.54) is 0 Å². The lowest BCUT2D eigenvalue weighted by molar-refractivity contribution is -0.0329. The van der Waals surface area contributed by atoms with Gasteiger partial charge in [-0.1, -0.05) is 32.0 Å². The normalized spacial score (nSPS) is 11.9. The van der Waals surface area contributed by atoms with Crippen LogP contribution in [0.4, 0.5) is 13.2 Å². The van der Waals surface area contributed by atoms with Crippen LogP contribution in [0.1, 0.15) is 19.4 Å². The second-order valence-corrected chi connectivity index (χ2v) is 5.45. The van der Waals surface area contributed by atoms with Crippen LogP contribution >= 0.6 is 11.8 Å². The van der Waals surface area contributed by atoms with Crippen LogP contribution in [0.25, 0.3) is 0 Å². The summed E-state index contributed by atoms with van der Waals surface area (Å²) in [5.41, 5.74) is -3.24. The molecule has 1 N–H and O–H groups in total. The van der Waals surface area contributed by atoms with Crippen LogP contribution < -0.4 is 10.1 Å². The minimum absolute atomic E-state index is 0.0445. The molecule has 0 radical (unpaired) electrons. The SMILES string of the molecule is CC(C)NCc1ccccc1OCCSC(F)(F)F. The second kappa shape index (κ2) is 7.65. The van der Waals surface area contributed by atoms with Gasteiger partial charge in [0.05, 0.1) is 6.61 Å². The highest BCUT2D eigenvalue weighted by molar-refractivity contribution is 8.00. The lowest BCUT2D eigenvalue weighted by Crippen LogP contribution is -2.22. The topological polar surface area (TPSA) is 21.3 Å². The Morgan fingerprint density at radius 1 is 1.26 bits per heavy atom. The largest absolute Gasteiger partial charge is 0.492 e. The molecule has 0 bridgehead atoms. The zero-order valence-electron chi connectivity index (χ0n) is 11.0. The molecule has 19 heavy (non-hydrogen) atoms. The molecular formula is C13H18F3NOS. The molecule has 0 amide bonds. The fraction of sp³-hybridized carbons (Fsp3) is 0.538. The highest BCUT2D eigenvalue weighted by atomic mass is 32.2. The molecule has 0 heterocycles. The van der Waals surface area contributed by atoms with Gasteiger partial charge in [-0.05, 0) is 17.8 Å². The van der Waals surface area contributed by atoms with Crippen molar-refractivity contribution < 1.29 is 17.9 Å². The Morgan fingerprint density at radius 3 is 2.58 bits per heavy atom. The van der Waals surface area contributed by atoms with Crippen molar-refractivity contribution in [1.82, 2.24) is 5.32 Å². The van der Waals surface area contributed by atoms with E-state index < -0.39 is 5.51 Å². The molecule has 0 aliphatic carbocycles. The molecule has 0 fully saturated rings. The predicted octanol–water partition coefficient (Wildman–Crippen LogP) is 3.82. The van der Waals surface area contributed by atoms with Crippen LogP contribution in [-0.2, 0) is 6.54 Å². The maximum atomic E-state index is 12.0. The number of thioether (sulfide) groups is 1. The van der Waals surface area contributed by atoms with Gasteiger partial charge in [0, 0.05) is 23.9 Å². The van der Waals surface area contributed by atoms with Crippen LogP contribution in [0.15, 0.2) is 24.3 Å². The fourth-order valence-electron chi connectivity index (χ4n) is 1.41. The molecular weight excluding hydrogens is 275 g/mol. The van der Waals surface area contributed by atoms with Crippen molar-refractivity contribution in [1.29, 1.82) is 0 Å². The van der Waals surface area contributed by atoms with Crippen molar-refractivity contribution in [3.63, 3.8) is 0 Å². The predicted molar refractivity (Wildman–Crippen MR) is 72.4 cm³/mol. The first-order valence-corrected chi connectivity index (χ1v) is 7.02. The van der Waals surface area contributed by atoms with Crippen LogP contribution in [0.2, 0.25) is 0 Å². The van der Waals surface area contributed by atoms with E-state index in [1.54, 1.807) is 6.07 Å². The Balaban J connectivity index is 2.44. The average molecular weight is 293 g/mol. The molecule has 0 saturated heterocycles. The molecule has 0 unspecified atom stereocenters. The monoisotopic (exact) mass is 293 g/mol. The third kappa shape index (κ3) is 7.32. The van der Waals surface area contributed by atoms with Crippen LogP contribution in [-0.4, -0.2) is 23.9 Å². The first-order valence-electron chi connectivity index (χ1n) is 6.03.